The predicted octanol–water partition coefficient (Wildman–Crippen LogP) is -3.26. The van der Waals surface area contributed by atoms with Gasteiger partial charge in [0.25, 0.3) is 0 Å². The van der Waals surface area contributed by atoms with Crippen LogP contribution in [0.1, 0.15) is 0 Å². The summed E-state index contributed by atoms with van der Waals surface area (Å²) in [6, 6.07) is 0. The summed E-state index contributed by atoms with van der Waals surface area (Å²) in [6.07, 6.45) is -4.94. The van der Waals surface area contributed by atoms with Crippen molar-refractivity contribution in [2.24, 2.45) is 0 Å². The SMILES string of the molecule is O=C(O)[C@](O)(COP(=O)(O)O)[C@@H](O)[C@@H](O)COP(=O)(O)O. The van der Waals surface area contributed by atoms with Gasteiger partial charge in [-0.15, -0.1) is 0 Å². The van der Waals surface area contributed by atoms with Gasteiger partial charge in [-0.05, 0) is 0 Å². The molecule has 0 unspecified atom stereocenters. The van der Waals surface area contributed by atoms with Crippen molar-refractivity contribution in [3.05, 3.63) is 0 Å². The van der Waals surface area contributed by atoms with E-state index in [2.05, 4.69) is 9.05 Å². The van der Waals surface area contributed by atoms with Crippen LogP contribution in [-0.4, -0.2) is 77.0 Å². The fourth-order valence-electron chi connectivity index (χ4n) is 1.04. The normalized spacial score (nSPS) is 18.8. The number of rotatable bonds is 9. The number of aliphatic carboxylic acids is 1. The van der Waals surface area contributed by atoms with E-state index in [1.165, 1.54) is 0 Å². The first-order valence-electron chi connectivity index (χ1n) is 4.91. The van der Waals surface area contributed by atoms with Crippen molar-refractivity contribution >= 4 is 21.6 Å². The topological polar surface area (TPSA) is 232 Å². The maximum Gasteiger partial charge on any atom is 0.469 e. The first-order valence-corrected chi connectivity index (χ1v) is 7.97. The van der Waals surface area contributed by atoms with E-state index >= 15 is 0 Å². The van der Waals surface area contributed by atoms with Crippen LogP contribution >= 0.6 is 15.6 Å². The van der Waals surface area contributed by atoms with Crippen LogP contribution in [0.3, 0.4) is 0 Å². The van der Waals surface area contributed by atoms with E-state index in [1.54, 1.807) is 0 Å². The lowest BCUT2D eigenvalue weighted by atomic mass is 9.94. The molecule has 8 N–H and O–H groups in total. The molecule has 0 aliphatic carbocycles. The molecule has 0 aromatic carbocycles. The summed E-state index contributed by atoms with van der Waals surface area (Å²) < 4.78 is 28.4. The highest BCUT2D eigenvalue weighted by Gasteiger charge is 2.49. The number of aliphatic hydroxyl groups is 3. The number of phosphoric ester groups is 2. The van der Waals surface area contributed by atoms with Gasteiger partial charge in [0.15, 0.2) is 0 Å². The zero-order chi connectivity index (χ0) is 17.1. The van der Waals surface area contributed by atoms with Crippen LogP contribution in [0.2, 0.25) is 0 Å². The van der Waals surface area contributed by atoms with E-state index in [0.29, 0.717) is 0 Å². The highest BCUT2D eigenvalue weighted by atomic mass is 31.2. The molecule has 0 heterocycles. The lowest BCUT2D eigenvalue weighted by Crippen LogP contribution is -2.58. The molecule has 3 atom stereocenters. The third-order valence-corrected chi connectivity index (χ3v) is 3.04. The summed E-state index contributed by atoms with van der Waals surface area (Å²) in [5.41, 5.74) is -3.36. The van der Waals surface area contributed by atoms with Gasteiger partial charge < -0.3 is 40.0 Å². The molecule has 0 aliphatic rings. The van der Waals surface area contributed by atoms with Crippen LogP contribution in [0, 0.1) is 0 Å². The van der Waals surface area contributed by atoms with Gasteiger partial charge in [0, 0.05) is 0 Å². The number of hydrogen-bond acceptors (Lipinski definition) is 8. The van der Waals surface area contributed by atoms with Crippen molar-refractivity contribution in [3.8, 4) is 0 Å². The third-order valence-electron chi connectivity index (χ3n) is 2.09. The maximum absolute atomic E-state index is 10.8. The highest BCUT2D eigenvalue weighted by Crippen LogP contribution is 2.38. The minimum absolute atomic E-state index is 1.27. The van der Waals surface area contributed by atoms with Crippen molar-refractivity contribution in [2.45, 2.75) is 17.8 Å². The second kappa shape index (κ2) is 7.22. The van der Waals surface area contributed by atoms with Crippen LogP contribution in [0.5, 0.6) is 0 Å². The summed E-state index contributed by atoms with van der Waals surface area (Å²) in [5, 5.41) is 37.1. The number of aliphatic hydroxyl groups excluding tert-OH is 2. The number of phosphoric acid groups is 2. The molecule has 0 spiro atoms. The van der Waals surface area contributed by atoms with Gasteiger partial charge in [-0.3, -0.25) is 9.05 Å². The van der Waals surface area contributed by atoms with Crippen molar-refractivity contribution in [1.82, 2.24) is 0 Å². The lowest BCUT2D eigenvalue weighted by Gasteiger charge is -2.31. The molecule has 0 bridgehead atoms. The summed E-state index contributed by atoms with van der Waals surface area (Å²) in [6.45, 7) is -2.88. The largest absolute Gasteiger partial charge is 0.479 e. The monoisotopic (exact) mass is 356 g/mol. The Morgan fingerprint density at radius 3 is 1.81 bits per heavy atom. The molecule has 15 heteroatoms. The Labute approximate surface area is 116 Å². The molecule has 0 saturated heterocycles. The number of carboxylic acid groups (broad SMARTS) is 1. The molecule has 0 amide bonds. The average molecular weight is 356 g/mol. The smallest absolute Gasteiger partial charge is 0.469 e. The van der Waals surface area contributed by atoms with Gasteiger partial charge in [-0.1, -0.05) is 0 Å². The average Bonchev–Trinajstić information content (AvgIpc) is 2.29. The number of carboxylic acids is 1. The Hall–Kier alpha value is -0.430. The first kappa shape index (κ1) is 20.6. The van der Waals surface area contributed by atoms with Gasteiger partial charge >= 0.3 is 21.6 Å². The Morgan fingerprint density at radius 2 is 1.48 bits per heavy atom. The van der Waals surface area contributed by atoms with E-state index in [0.717, 1.165) is 0 Å². The third kappa shape index (κ3) is 7.40. The molecule has 0 aromatic rings. The van der Waals surface area contributed by atoms with Crippen molar-refractivity contribution in [2.75, 3.05) is 13.2 Å². The Bertz CT molecular complexity index is 452. The molecular weight excluding hydrogens is 342 g/mol. The predicted molar refractivity (Wildman–Crippen MR) is 60.6 cm³/mol. The van der Waals surface area contributed by atoms with Crippen LogP contribution in [0.4, 0.5) is 0 Å². The second-order valence-corrected chi connectivity index (χ2v) is 6.27. The molecule has 21 heavy (non-hydrogen) atoms. The van der Waals surface area contributed by atoms with E-state index in [9.17, 15) is 29.2 Å². The molecule has 13 nitrogen and oxygen atoms in total. The summed E-state index contributed by atoms with van der Waals surface area (Å²) in [5.74, 6) is -2.21. The standard InChI is InChI=1S/C6H14O13P2/c7-3(1-18-20(12,13)14)4(8)6(11,5(9)10)2-19-21(15,16)17/h3-4,7-8,11H,1-2H2,(H,9,10)(H2,12,13,14)(H2,15,16,17)/t3-,4-,6-/m0/s1. The fraction of sp³-hybridized carbons (Fsp3) is 0.833. The molecule has 0 fully saturated rings. The fourth-order valence-corrected chi connectivity index (χ4v) is 1.75. The Kier molecular flexibility index (Phi) is 7.07. The molecule has 126 valence electrons. The van der Waals surface area contributed by atoms with Gasteiger partial charge in [-0.25, -0.2) is 13.9 Å². The van der Waals surface area contributed by atoms with Crippen molar-refractivity contribution < 1.29 is 63.0 Å². The number of carbonyl (C=O) groups is 1. The maximum atomic E-state index is 10.8. The molecule has 0 radical (unpaired) electrons. The van der Waals surface area contributed by atoms with Gasteiger partial charge in [0.2, 0.25) is 5.60 Å². The van der Waals surface area contributed by atoms with Crippen LogP contribution in [0.25, 0.3) is 0 Å². The molecule has 0 aromatic heterocycles. The lowest BCUT2D eigenvalue weighted by molar-refractivity contribution is -0.190. The molecule has 0 saturated carbocycles. The summed E-state index contributed by atoms with van der Waals surface area (Å²) in [7, 11) is -10.2. The minimum Gasteiger partial charge on any atom is -0.479 e. The van der Waals surface area contributed by atoms with E-state index < -0.39 is 52.6 Å². The molecular formula is C6H14O13P2. The van der Waals surface area contributed by atoms with E-state index in [1.807, 2.05) is 0 Å². The second-order valence-electron chi connectivity index (χ2n) is 3.79. The van der Waals surface area contributed by atoms with Gasteiger partial charge in [-0.2, -0.15) is 0 Å². The van der Waals surface area contributed by atoms with Gasteiger partial charge in [0.1, 0.15) is 18.8 Å². The highest BCUT2D eigenvalue weighted by molar-refractivity contribution is 7.46. The van der Waals surface area contributed by atoms with Crippen LogP contribution in [-0.2, 0) is 23.0 Å². The van der Waals surface area contributed by atoms with Crippen molar-refractivity contribution in [3.63, 3.8) is 0 Å². The van der Waals surface area contributed by atoms with E-state index in [4.69, 9.17) is 24.7 Å². The quantitative estimate of drug-likeness (QED) is 0.190. The minimum atomic E-state index is -5.19. The van der Waals surface area contributed by atoms with Crippen molar-refractivity contribution in [1.29, 1.82) is 0 Å². The van der Waals surface area contributed by atoms with E-state index in [-0.39, 0.29) is 0 Å². The first-order chi connectivity index (χ1) is 9.19. The molecule has 0 rings (SSSR count). The Balaban J connectivity index is 4.97. The summed E-state index contributed by atoms with van der Waals surface area (Å²) >= 11 is 0. The van der Waals surface area contributed by atoms with Gasteiger partial charge in [0.05, 0.1) is 6.61 Å². The Morgan fingerprint density at radius 1 is 1.05 bits per heavy atom. The molecule has 0 aliphatic heterocycles. The van der Waals surface area contributed by atoms with Crippen LogP contribution < -0.4 is 0 Å². The summed E-state index contributed by atoms with van der Waals surface area (Å²) in [4.78, 5) is 44.4. The van der Waals surface area contributed by atoms with Crippen LogP contribution in [0.15, 0.2) is 0 Å². The zero-order valence-electron chi connectivity index (χ0n) is 10.1. The zero-order valence-corrected chi connectivity index (χ0v) is 11.9. The number of hydrogen-bond donors (Lipinski definition) is 8.